The molecule has 1 aliphatic heterocycles. The van der Waals surface area contributed by atoms with Crippen LogP contribution in [-0.4, -0.2) is 63.6 Å². The van der Waals surface area contributed by atoms with Crippen LogP contribution < -0.4 is 15.5 Å². The van der Waals surface area contributed by atoms with E-state index in [1.807, 2.05) is 24.3 Å². The first-order chi connectivity index (χ1) is 24.0. The molecule has 1 saturated heterocycles. The molecule has 1 aliphatic rings. The first-order valence-electron chi connectivity index (χ1n) is 15.6. The van der Waals surface area contributed by atoms with Crippen LogP contribution >= 0.6 is 0 Å². The number of nitrogens with one attached hydrogen (secondary N) is 2. The summed E-state index contributed by atoms with van der Waals surface area (Å²) in [6.45, 7) is 3.80. The van der Waals surface area contributed by atoms with Gasteiger partial charge in [0.25, 0.3) is 5.91 Å². The van der Waals surface area contributed by atoms with Crippen molar-refractivity contribution in [3.8, 4) is 22.5 Å². The second kappa shape index (κ2) is 13.2. The molecule has 6 aromatic rings. The van der Waals surface area contributed by atoms with Crippen LogP contribution in [0.5, 0.6) is 0 Å². The van der Waals surface area contributed by atoms with E-state index < -0.39 is 35.0 Å². The normalized spacial score (nSPS) is 13.8. The number of piperazine rings is 1. The van der Waals surface area contributed by atoms with Crippen molar-refractivity contribution in [2.45, 2.75) is 6.18 Å². The quantitative estimate of drug-likeness (QED) is 0.168. The van der Waals surface area contributed by atoms with Gasteiger partial charge in [-0.15, -0.1) is 0 Å². The molecule has 0 saturated carbocycles. The number of hydrogen-bond acceptors (Lipinski definition) is 7. The van der Waals surface area contributed by atoms with Gasteiger partial charge < -0.3 is 20.4 Å². The number of halogens is 5. The van der Waals surface area contributed by atoms with Gasteiger partial charge in [0.2, 0.25) is 5.95 Å². The predicted molar refractivity (Wildman–Crippen MR) is 180 cm³/mol. The standard InChI is InChI=1S/C36H29F5N8O/c1-47-17-19-48(20-18-47)25-13-11-23(12-14-25)44-35-42-16-15-28(45-35)32-29-9-4-10-30(36(39,40)41)49(29)46-33(32)22-5-2-6-24(21-22)43-34(50)31-26(37)7-3-8-27(31)38/h2-16,21H,17-20H2,1H3,(H,43,50)(H,42,44,45). The van der Waals surface area contributed by atoms with Gasteiger partial charge in [0.05, 0.1) is 16.8 Å². The van der Waals surface area contributed by atoms with Crippen LogP contribution in [0.25, 0.3) is 28.0 Å². The molecule has 254 valence electrons. The topological polar surface area (TPSA) is 90.7 Å². The minimum atomic E-state index is -4.73. The molecule has 0 radical (unpaired) electrons. The van der Waals surface area contributed by atoms with Gasteiger partial charge in [0.1, 0.15) is 28.6 Å². The Labute approximate surface area is 283 Å². The minimum Gasteiger partial charge on any atom is -0.369 e. The third-order valence-corrected chi connectivity index (χ3v) is 8.44. The number of likely N-dealkylation sites (N-methyl/N-ethyl adjacent to an activating group) is 1. The molecule has 1 amide bonds. The van der Waals surface area contributed by atoms with Crippen molar-refractivity contribution in [3.63, 3.8) is 0 Å². The van der Waals surface area contributed by atoms with Gasteiger partial charge in [-0.05, 0) is 73.8 Å². The molecule has 0 aliphatic carbocycles. The number of hydrogen-bond donors (Lipinski definition) is 2. The van der Waals surface area contributed by atoms with Crippen LogP contribution in [0.3, 0.4) is 0 Å². The van der Waals surface area contributed by atoms with Crippen LogP contribution in [0, 0.1) is 11.6 Å². The molecule has 3 aromatic heterocycles. The lowest BCUT2D eigenvalue weighted by atomic mass is 10.0. The Hall–Kier alpha value is -5.89. The van der Waals surface area contributed by atoms with E-state index >= 15 is 0 Å². The molecule has 7 rings (SSSR count). The van der Waals surface area contributed by atoms with Crippen LogP contribution in [0.4, 0.5) is 45.0 Å². The van der Waals surface area contributed by atoms with Gasteiger partial charge in [0.15, 0.2) is 0 Å². The number of carbonyl (C=O) groups is 1. The lowest BCUT2D eigenvalue weighted by Gasteiger charge is -2.34. The predicted octanol–water partition coefficient (Wildman–Crippen LogP) is 7.50. The maximum Gasteiger partial charge on any atom is 0.433 e. The van der Waals surface area contributed by atoms with Gasteiger partial charge in [-0.3, -0.25) is 4.79 Å². The molecule has 9 nitrogen and oxygen atoms in total. The van der Waals surface area contributed by atoms with Crippen molar-refractivity contribution in [1.82, 2.24) is 24.5 Å². The number of benzene rings is 3. The molecule has 0 atom stereocenters. The molecule has 14 heteroatoms. The summed E-state index contributed by atoms with van der Waals surface area (Å²) in [5, 5.41) is 10.0. The zero-order chi connectivity index (χ0) is 35.0. The Balaban J connectivity index is 1.25. The van der Waals surface area contributed by atoms with Crippen molar-refractivity contribution in [3.05, 3.63) is 120 Å². The third kappa shape index (κ3) is 6.57. The van der Waals surface area contributed by atoms with E-state index in [9.17, 15) is 26.7 Å². The fraction of sp³-hybridized carbons (Fsp3) is 0.167. The highest BCUT2D eigenvalue weighted by Gasteiger charge is 2.35. The van der Waals surface area contributed by atoms with Gasteiger partial charge in [0, 0.05) is 55.0 Å². The fourth-order valence-corrected chi connectivity index (χ4v) is 5.90. The second-order valence-corrected chi connectivity index (χ2v) is 11.8. The van der Waals surface area contributed by atoms with E-state index in [-0.39, 0.29) is 34.1 Å². The van der Waals surface area contributed by atoms with E-state index in [0.29, 0.717) is 11.3 Å². The highest BCUT2D eigenvalue weighted by molar-refractivity contribution is 6.05. The summed E-state index contributed by atoms with van der Waals surface area (Å²) in [4.78, 5) is 26.4. The SMILES string of the molecule is CN1CCN(c2ccc(Nc3nccc(-c4c(-c5cccc(NC(=O)c6c(F)cccc6F)c5)nn5c(C(F)(F)F)cccc45)n3)cc2)CC1. The zero-order valence-corrected chi connectivity index (χ0v) is 26.5. The molecular formula is C36H29F5N8O. The Morgan fingerprint density at radius 3 is 2.24 bits per heavy atom. The number of rotatable bonds is 7. The number of anilines is 4. The molecule has 1 fully saturated rings. The van der Waals surface area contributed by atoms with Gasteiger partial charge >= 0.3 is 6.18 Å². The number of aromatic nitrogens is 4. The summed E-state index contributed by atoms with van der Waals surface area (Å²) in [7, 11) is 2.10. The second-order valence-electron chi connectivity index (χ2n) is 11.8. The summed E-state index contributed by atoms with van der Waals surface area (Å²) < 4.78 is 71.9. The molecule has 0 spiro atoms. The van der Waals surface area contributed by atoms with Crippen LogP contribution in [0.2, 0.25) is 0 Å². The van der Waals surface area contributed by atoms with E-state index in [1.165, 1.54) is 30.5 Å². The lowest BCUT2D eigenvalue weighted by molar-refractivity contribution is -0.142. The summed E-state index contributed by atoms with van der Waals surface area (Å²) in [6, 6.07) is 22.2. The van der Waals surface area contributed by atoms with Crippen LogP contribution in [0.1, 0.15) is 16.1 Å². The van der Waals surface area contributed by atoms with Crippen molar-refractivity contribution < 1.29 is 26.7 Å². The maximum atomic E-state index is 14.3. The molecule has 50 heavy (non-hydrogen) atoms. The van der Waals surface area contributed by atoms with E-state index in [4.69, 9.17) is 0 Å². The van der Waals surface area contributed by atoms with Crippen LogP contribution in [0.15, 0.2) is 97.2 Å². The Morgan fingerprint density at radius 1 is 0.820 bits per heavy atom. The Kier molecular flexibility index (Phi) is 8.62. The molecule has 0 unspecified atom stereocenters. The van der Waals surface area contributed by atoms with Crippen LogP contribution in [-0.2, 0) is 6.18 Å². The average Bonchev–Trinajstić information content (AvgIpc) is 3.49. The summed E-state index contributed by atoms with van der Waals surface area (Å²) >= 11 is 0. The third-order valence-electron chi connectivity index (χ3n) is 8.44. The number of pyridine rings is 1. The minimum absolute atomic E-state index is 0.121. The first-order valence-corrected chi connectivity index (χ1v) is 15.6. The first kappa shape index (κ1) is 32.6. The van der Waals surface area contributed by atoms with Gasteiger partial charge in [-0.2, -0.15) is 18.3 Å². The van der Waals surface area contributed by atoms with Crippen molar-refractivity contribution in [2.75, 3.05) is 48.8 Å². The monoisotopic (exact) mass is 684 g/mol. The number of nitrogens with zero attached hydrogens (tertiary/aromatic N) is 6. The van der Waals surface area contributed by atoms with Gasteiger partial charge in [-0.1, -0.05) is 24.3 Å². The molecule has 0 bridgehead atoms. The number of carbonyl (C=O) groups excluding carboxylic acids is 1. The maximum absolute atomic E-state index is 14.3. The van der Waals surface area contributed by atoms with Crippen molar-refractivity contribution in [2.24, 2.45) is 0 Å². The number of fused-ring (bicyclic) bond motifs is 1. The lowest BCUT2D eigenvalue weighted by Crippen LogP contribution is -2.44. The zero-order valence-electron chi connectivity index (χ0n) is 26.5. The van der Waals surface area contributed by atoms with E-state index in [1.54, 1.807) is 18.2 Å². The summed E-state index contributed by atoms with van der Waals surface area (Å²) in [5.74, 6) is -2.91. The highest BCUT2D eigenvalue weighted by atomic mass is 19.4. The largest absolute Gasteiger partial charge is 0.433 e. The Bertz CT molecular complexity index is 2170. The summed E-state index contributed by atoms with van der Waals surface area (Å²) in [5.41, 5.74) is 1.29. The van der Waals surface area contributed by atoms with E-state index in [0.717, 1.165) is 60.6 Å². The molecular weight excluding hydrogens is 655 g/mol. The van der Waals surface area contributed by atoms with Crippen molar-refractivity contribution >= 4 is 34.4 Å². The molecule has 3 aromatic carbocycles. The number of alkyl halides is 3. The smallest absolute Gasteiger partial charge is 0.369 e. The molecule has 4 heterocycles. The van der Waals surface area contributed by atoms with Crippen molar-refractivity contribution in [1.29, 1.82) is 0 Å². The Morgan fingerprint density at radius 2 is 1.52 bits per heavy atom. The fourth-order valence-electron chi connectivity index (χ4n) is 5.90. The van der Waals surface area contributed by atoms with E-state index in [2.05, 4.69) is 42.5 Å². The summed E-state index contributed by atoms with van der Waals surface area (Å²) in [6.07, 6.45) is -3.24. The van der Waals surface area contributed by atoms with Gasteiger partial charge in [-0.25, -0.2) is 23.3 Å². The average molecular weight is 685 g/mol. The highest BCUT2D eigenvalue weighted by Crippen LogP contribution is 2.39. The number of amides is 1. The molecule has 2 N–H and O–H groups in total.